The highest BCUT2D eigenvalue weighted by Gasteiger charge is 2.13. The molecule has 0 radical (unpaired) electrons. The predicted molar refractivity (Wildman–Crippen MR) is 76.2 cm³/mol. The molecule has 0 saturated carbocycles. The highest BCUT2D eigenvalue weighted by molar-refractivity contribution is 7.94. The molecule has 0 atom stereocenters. The Bertz CT molecular complexity index is 945. The van der Waals surface area contributed by atoms with Gasteiger partial charge in [0.05, 0.1) is 4.90 Å². The van der Waals surface area contributed by atoms with Gasteiger partial charge >= 0.3 is 0 Å². The van der Waals surface area contributed by atoms with Crippen LogP contribution < -0.4 is 0 Å². The second-order valence-electron chi connectivity index (χ2n) is 4.43. The first kappa shape index (κ1) is 15.0. The van der Waals surface area contributed by atoms with Crippen molar-refractivity contribution in [3.63, 3.8) is 0 Å². The van der Waals surface area contributed by atoms with E-state index in [1.807, 2.05) is 0 Å². The van der Waals surface area contributed by atoms with Gasteiger partial charge in [-0.2, -0.15) is 5.21 Å². The van der Waals surface area contributed by atoms with E-state index >= 15 is 0 Å². The van der Waals surface area contributed by atoms with Crippen LogP contribution in [0.15, 0.2) is 47.4 Å². The lowest BCUT2D eigenvalue weighted by Gasteiger charge is -2.22. The summed E-state index contributed by atoms with van der Waals surface area (Å²) in [5.41, 5.74) is 0.492. The molecule has 0 fully saturated rings. The Morgan fingerprint density at radius 2 is 1.91 bits per heavy atom. The zero-order chi connectivity index (χ0) is 16.4. The molecule has 0 bridgehead atoms. The zero-order valence-electron chi connectivity index (χ0n) is 11.3. The molecular weight excluding hydrogens is 328 g/mol. The van der Waals surface area contributed by atoms with Gasteiger partial charge in [-0.05, 0) is 23.4 Å². The van der Waals surface area contributed by atoms with Crippen LogP contribution in [0.1, 0.15) is 0 Å². The lowest BCUT2D eigenvalue weighted by atomic mass is 10.2. The minimum atomic E-state index is -4.41. The minimum absolute atomic E-state index is 0.0240. The standard InChI is InChI=1S/C13H8F2N5O2S/c14-9-4-5-11(15)12(7-9)23(21,22)18-10-3-1-2-8(6-10)13-16-19-20-17-13/h1-7H,(H,16,17,19,20)/q-1. The van der Waals surface area contributed by atoms with Gasteiger partial charge < -0.3 is 4.72 Å². The Hall–Kier alpha value is -2.88. The lowest BCUT2D eigenvalue weighted by Crippen LogP contribution is -2.02. The second-order valence-corrected chi connectivity index (χ2v) is 6.00. The normalized spacial score (nSPS) is 11.4. The summed E-state index contributed by atoms with van der Waals surface area (Å²) in [5.74, 6) is -1.71. The number of nitrogens with one attached hydrogen (secondary N) is 1. The molecule has 10 heteroatoms. The van der Waals surface area contributed by atoms with Gasteiger partial charge in [0.2, 0.25) is 5.82 Å². The van der Waals surface area contributed by atoms with Gasteiger partial charge in [0.15, 0.2) is 0 Å². The van der Waals surface area contributed by atoms with Crippen LogP contribution in [0.25, 0.3) is 16.1 Å². The Balaban J connectivity index is 1.95. The molecule has 0 spiro atoms. The number of benzene rings is 2. The summed E-state index contributed by atoms with van der Waals surface area (Å²) in [6.45, 7) is 0. The third-order valence-corrected chi connectivity index (χ3v) is 4.17. The molecule has 3 rings (SSSR count). The maximum Gasteiger partial charge on any atom is 0.204 e. The van der Waals surface area contributed by atoms with Crippen molar-refractivity contribution in [2.75, 3.05) is 0 Å². The molecule has 0 amide bonds. The van der Waals surface area contributed by atoms with Crippen molar-refractivity contribution in [2.45, 2.75) is 4.90 Å². The van der Waals surface area contributed by atoms with Crippen molar-refractivity contribution in [2.24, 2.45) is 0 Å². The van der Waals surface area contributed by atoms with E-state index in [1.54, 1.807) is 6.07 Å². The summed E-state index contributed by atoms with van der Waals surface area (Å²) in [4.78, 5) is -0.831. The molecule has 2 aromatic carbocycles. The van der Waals surface area contributed by atoms with E-state index < -0.39 is 26.6 Å². The largest absolute Gasteiger partial charge is 0.573 e. The number of H-pyrrole nitrogens is 1. The van der Waals surface area contributed by atoms with Crippen LogP contribution in [0.5, 0.6) is 0 Å². The van der Waals surface area contributed by atoms with E-state index in [9.17, 15) is 17.2 Å². The van der Waals surface area contributed by atoms with Crippen LogP contribution in [-0.4, -0.2) is 29.0 Å². The fourth-order valence-corrected chi connectivity index (χ4v) is 2.91. The molecule has 0 unspecified atom stereocenters. The average Bonchev–Trinajstić information content (AvgIpc) is 3.04. The quantitative estimate of drug-likeness (QED) is 0.788. The summed E-state index contributed by atoms with van der Waals surface area (Å²) >= 11 is 0. The van der Waals surface area contributed by atoms with Crippen LogP contribution in [0, 0.1) is 11.6 Å². The number of tetrazole rings is 1. The number of hydrogen-bond acceptors (Lipinski definition) is 5. The van der Waals surface area contributed by atoms with Gasteiger partial charge in [0.1, 0.15) is 21.7 Å². The van der Waals surface area contributed by atoms with E-state index in [4.69, 9.17) is 0 Å². The molecular formula is C13H8F2N5O2S-. The molecule has 0 aliphatic carbocycles. The second kappa shape index (κ2) is 5.72. The van der Waals surface area contributed by atoms with E-state index in [0.29, 0.717) is 11.6 Å². The molecule has 0 aliphatic rings. The molecule has 0 aliphatic heterocycles. The van der Waals surface area contributed by atoms with Crippen LogP contribution in [0.4, 0.5) is 14.5 Å². The summed E-state index contributed by atoms with van der Waals surface area (Å²) in [7, 11) is -4.41. The first-order valence-corrected chi connectivity index (χ1v) is 7.67. The average molecular weight is 336 g/mol. The maximum absolute atomic E-state index is 13.6. The van der Waals surface area contributed by atoms with Crippen LogP contribution >= 0.6 is 0 Å². The van der Waals surface area contributed by atoms with E-state index in [-0.39, 0.29) is 11.5 Å². The number of aromatic nitrogens is 4. The minimum Gasteiger partial charge on any atom is -0.573 e. The predicted octanol–water partition coefficient (Wildman–Crippen LogP) is 2.54. The summed E-state index contributed by atoms with van der Waals surface area (Å²) < 4.78 is 54.6. The molecule has 23 heavy (non-hydrogen) atoms. The SMILES string of the molecule is O=S(=O)([N-]c1cccc(-c2nn[nH]n2)c1)c1cc(F)ccc1F. The van der Waals surface area contributed by atoms with Crippen LogP contribution in [0.3, 0.4) is 0 Å². The first-order valence-electron chi connectivity index (χ1n) is 6.23. The summed E-state index contributed by atoms with van der Waals surface area (Å²) in [6, 6.07) is 8.08. The van der Waals surface area contributed by atoms with Crippen LogP contribution in [0.2, 0.25) is 0 Å². The van der Waals surface area contributed by atoms with Gasteiger partial charge in [-0.25, -0.2) is 17.2 Å². The number of aromatic amines is 1. The molecule has 1 N–H and O–H groups in total. The van der Waals surface area contributed by atoms with E-state index in [2.05, 4.69) is 25.3 Å². The Morgan fingerprint density at radius 3 is 2.65 bits per heavy atom. The number of rotatable bonds is 4. The van der Waals surface area contributed by atoms with Crippen LogP contribution in [-0.2, 0) is 10.0 Å². The highest BCUT2D eigenvalue weighted by atomic mass is 32.2. The number of hydrogen-bond donors (Lipinski definition) is 1. The van der Waals surface area contributed by atoms with Gasteiger partial charge in [-0.3, -0.25) is 0 Å². The fraction of sp³-hybridized carbons (Fsp3) is 0. The molecule has 1 aromatic heterocycles. The highest BCUT2D eigenvalue weighted by Crippen LogP contribution is 2.31. The Kier molecular flexibility index (Phi) is 3.74. The number of halogens is 2. The van der Waals surface area contributed by atoms with Crippen molar-refractivity contribution in [3.05, 3.63) is 58.8 Å². The molecule has 1 heterocycles. The Labute approximate surface area is 129 Å². The van der Waals surface area contributed by atoms with E-state index in [0.717, 1.165) is 12.1 Å². The third-order valence-electron chi connectivity index (χ3n) is 2.85. The van der Waals surface area contributed by atoms with Crippen molar-refractivity contribution in [1.82, 2.24) is 20.6 Å². The topological polar surface area (TPSA) is 103 Å². The third kappa shape index (κ3) is 3.16. The maximum atomic E-state index is 13.6. The van der Waals surface area contributed by atoms with E-state index in [1.165, 1.54) is 18.2 Å². The van der Waals surface area contributed by atoms with Crippen molar-refractivity contribution in [1.29, 1.82) is 0 Å². The lowest BCUT2D eigenvalue weighted by molar-refractivity contribution is 0.556. The van der Waals surface area contributed by atoms with Gasteiger partial charge in [0.25, 0.3) is 0 Å². The molecule has 3 aromatic rings. The van der Waals surface area contributed by atoms with Gasteiger partial charge in [-0.1, -0.05) is 24.3 Å². The van der Waals surface area contributed by atoms with Gasteiger partial charge in [0, 0.05) is 5.56 Å². The summed E-state index contributed by atoms with van der Waals surface area (Å²) in [6.07, 6.45) is 0. The molecule has 7 nitrogen and oxygen atoms in total. The van der Waals surface area contributed by atoms with Crippen molar-refractivity contribution in [3.8, 4) is 11.4 Å². The van der Waals surface area contributed by atoms with Crippen molar-refractivity contribution < 1.29 is 17.2 Å². The van der Waals surface area contributed by atoms with Crippen molar-refractivity contribution >= 4 is 15.7 Å². The summed E-state index contributed by atoms with van der Waals surface area (Å²) in [5, 5.41) is 13.2. The smallest absolute Gasteiger partial charge is 0.204 e. The number of sulfonamides is 1. The fourth-order valence-electron chi connectivity index (χ4n) is 1.85. The monoisotopic (exact) mass is 336 g/mol. The Morgan fingerprint density at radius 1 is 1.09 bits per heavy atom. The van der Waals surface area contributed by atoms with Gasteiger partial charge in [-0.15, -0.1) is 15.9 Å². The molecule has 0 saturated heterocycles. The molecule has 118 valence electrons. The first-order chi connectivity index (χ1) is 11.0. The zero-order valence-corrected chi connectivity index (χ0v) is 12.1. The number of nitrogens with zero attached hydrogens (tertiary/aromatic N) is 4.